The van der Waals surface area contributed by atoms with Gasteiger partial charge in [-0.2, -0.15) is 0 Å². The van der Waals surface area contributed by atoms with Crippen LogP contribution in [0.4, 0.5) is 0 Å². The minimum absolute atomic E-state index is 0.681. The van der Waals surface area contributed by atoms with E-state index in [1.165, 1.54) is 5.56 Å². The first-order valence-electron chi connectivity index (χ1n) is 6.13. The van der Waals surface area contributed by atoms with Crippen LogP contribution in [-0.4, -0.2) is 21.0 Å². The van der Waals surface area contributed by atoms with Gasteiger partial charge in [-0.15, -0.1) is 0 Å². The van der Waals surface area contributed by atoms with Gasteiger partial charge in [0.05, 0.1) is 12.7 Å². The van der Waals surface area contributed by atoms with Crippen molar-refractivity contribution in [1.29, 1.82) is 0 Å². The summed E-state index contributed by atoms with van der Waals surface area (Å²) in [5, 5.41) is 0.681. The highest BCUT2D eigenvalue weighted by molar-refractivity contribution is 6.29. The van der Waals surface area contributed by atoms with Crippen molar-refractivity contribution in [2.45, 2.75) is 20.0 Å². The topological polar surface area (TPSA) is 21.1 Å². The van der Waals surface area contributed by atoms with Crippen LogP contribution in [0.25, 0.3) is 0 Å². The Morgan fingerprint density at radius 3 is 2.50 bits per heavy atom. The summed E-state index contributed by atoms with van der Waals surface area (Å²) in [6, 6.07) is 10.5. The molecule has 0 saturated heterocycles. The third kappa shape index (κ3) is 3.12. The first-order valence-corrected chi connectivity index (χ1v) is 6.51. The molecule has 4 heteroatoms. The first-order chi connectivity index (χ1) is 8.70. The van der Waals surface area contributed by atoms with E-state index in [2.05, 4.69) is 41.1 Å². The summed E-state index contributed by atoms with van der Waals surface area (Å²) in [6.45, 7) is 4.89. The maximum absolute atomic E-state index is 6.00. The Balaban J connectivity index is 2.04. The summed E-state index contributed by atoms with van der Waals surface area (Å²) in [5.74, 6) is 0.998. The quantitative estimate of drug-likeness (QED) is 0.827. The molecule has 3 nitrogen and oxygen atoms in total. The SMILES string of the molecule is CCN(Cc1ccccc1)Cc1ncc(Cl)n1C. The van der Waals surface area contributed by atoms with Crippen molar-refractivity contribution in [3.63, 3.8) is 0 Å². The van der Waals surface area contributed by atoms with Crippen LogP contribution in [0.15, 0.2) is 36.5 Å². The number of imidazole rings is 1. The van der Waals surface area contributed by atoms with Crippen LogP contribution in [0.1, 0.15) is 18.3 Å². The molecule has 2 aromatic rings. The van der Waals surface area contributed by atoms with E-state index in [-0.39, 0.29) is 0 Å². The molecule has 1 aromatic carbocycles. The lowest BCUT2D eigenvalue weighted by Gasteiger charge is -2.20. The molecule has 0 saturated carbocycles. The van der Waals surface area contributed by atoms with Crippen LogP contribution in [0, 0.1) is 0 Å². The van der Waals surface area contributed by atoms with Gasteiger partial charge in [-0.1, -0.05) is 48.9 Å². The molecule has 0 bridgehead atoms. The predicted molar refractivity (Wildman–Crippen MR) is 74.4 cm³/mol. The third-order valence-electron chi connectivity index (χ3n) is 3.09. The fourth-order valence-corrected chi connectivity index (χ4v) is 2.04. The number of aromatic nitrogens is 2. The molecule has 0 fully saturated rings. The van der Waals surface area contributed by atoms with Crippen molar-refractivity contribution in [1.82, 2.24) is 14.5 Å². The smallest absolute Gasteiger partial charge is 0.128 e. The molecule has 0 unspecified atom stereocenters. The number of hydrogen-bond donors (Lipinski definition) is 0. The maximum Gasteiger partial charge on any atom is 0.128 e. The second-order valence-electron chi connectivity index (χ2n) is 4.35. The lowest BCUT2D eigenvalue weighted by atomic mass is 10.2. The van der Waals surface area contributed by atoms with Crippen molar-refractivity contribution in [3.8, 4) is 0 Å². The van der Waals surface area contributed by atoms with Crippen LogP contribution in [0.3, 0.4) is 0 Å². The summed E-state index contributed by atoms with van der Waals surface area (Å²) in [6.07, 6.45) is 1.70. The van der Waals surface area contributed by atoms with E-state index in [4.69, 9.17) is 11.6 Å². The second-order valence-corrected chi connectivity index (χ2v) is 4.73. The normalized spacial score (nSPS) is 11.1. The van der Waals surface area contributed by atoms with Crippen molar-refractivity contribution < 1.29 is 0 Å². The van der Waals surface area contributed by atoms with Crippen LogP contribution in [0.2, 0.25) is 5.15 Å². The van der Waals surface area contributed by atoms with Crippen molar-refractivity contribution in [2.24, 2.45) is 7.05 Å². The predicted octanol–water partition coefficient (Wildman–Crippen LogP) is 3.10. The molecule has 0 aliphatic heterocycles. The molecule has 1 aromatic heterocycles. The first kappa shape index (κ1) is 13.1. The standard InChI is InChI=1S/C14H18ClN3/c1-3-18(10-12-7-5-4-6-8-12)11-14-16-9-13(15)17(14)2/h4-9H,3,10-11H2,1-2H3. The lowest BCUT2D eigenvalue weighted by molar-refractivity contribution is 0.262. The monoisotopic (exact) mass is 263 g/mol. The summed E-state index contributed by atoms with van der Waals surface area (Å²) < 4.78 is 1.93. The zero-order chi connectivity index (χ0) is 13.0. The molecule has 0 aliphatic rings. The molecule has 0 N–H and O–H groups in total. The minimum Gasteiger partial charge on any atom is -0.321 e. The Hall–Kier alpha value is -1.32. The molecule has 0 aliphatic carbocycles. The van der Waals surface area contributed by atoms with Gasteiger partial charge in [0.15, 0.2) is 0 Å². The average molecular weight is 264 g/mol. The number of halogens is 1. The molecular formula is C14H18ClN3. The molecule has 0 radical (unpaired) electrons. The van der Waals surface area contributed by atoms with E-state index >= 15 is 0 Å². The molecular weight excluding hydrogens is 246 g/mol. The van der Waals surface area contributed by atoms with Gasteiger partial charge in [-0.05, 0) is 12.1 Å². The van der Waals surface area contributed by atoms with Crippen LogP contribution >= 0.6 is 11.6 Å². The molecule has 18 heavy (non-hydrogen) atoms. The van der Waals surface area contributed by atoms with Gasteiger partial charge in [-0.3, -0.25) is 4.90 Å². The number of nitrogens with zero attached hydrogens (tertiary/aromatic N) is 3. The molecule has 0 atom stereocenters. The van der Waals surface area contributed by atoms with Gasteiger partial charge in [0, 0.05) is 13.6 Å². The highest BCUT2D eigenvalue weighted by Gasteiger charge is 2.10. The number of hydrogen-bond acceptors (Lipinski definition) is 2. The summed E-state index contributed by atoms with van der Waals surface area (Å²) in [7, 11) is 1.95. The number of benzene rings is 1. The summed E-state index contributed by atoms with van der Waals surface area (Å²) >= 11 is 6.00. The van der Waals surface area contributed by atoms with Gasteiger partial charge in [0.1, 0.15) is 11.0 Å². The fourth-order valence-electron chi connectivity index (χ4n) is 1.89. The highest BCUT2D eigenvalue weighted by Crippen LogP contribution is 2.12. The van der Waals surface area contributed by atoms with Crippen LogP contribution in [0.5, 0.6) is 0 Å². The molecule has 1 heterocycles. The zero-order valence-electron chi connectivity index (χ0n) is 10.8. The van der Waals surface area contributed by atoms with Gasteiger partial charge in [-0.25, -0.2) is 4.98 Å². The summed E-state index contributed by atoms with van der Waals surface area (Å²) in [4.78, 5) is 6.68. The Bertz CT molecular complexity index is 493. The van der Waals surface area contributed by atoms with Crippen molar-refractivity contribution in [2.75, 3.05) is 6.54 Å². The van der Waals surface area contributed by atoms with E-state index < -0.39 is 0 Å². The van der Waals surface area contributed by atoms with Gasteiger partial charge in [0.2, 0.25) is 0 Å². The highest BCUT2D eigenvalue weighted by atomic mass is 35.5. The second kappa shape index (κ2) is 6.03. The van der Waals surface area contributed by atoms with Gasteiger partial charge >= 0.3 is 0 Å². The third-order valence-corrected chi connectivity index (χ3v) is 3.44. The van der Waals surface area contributed by atoms with E-state index in [0.717, 1.165) is 25.5 Å². The lowest BCUT2D eigenvalue weighted by Crippen LogP contribution is -2.24. The Kier molecular flexibility index (Phi) is 4.39. The van der Waals surface area contributed by atoms with Crippen LogP contribution < -0.4 is 0 Å². The van der Waals surface area contributed by atoms with Gasteiger partial charge < -0.3 is 4.57 Å². The van der Waals surface area contributed by atoms with E-state index in [1.54, 1.807) is 6.20 Å². The van der Waals surface area contributed by atoms with E-state index in [1.807, 2.05) is 17.7 Å². The van der Waals surface area contributed by atoms with Gasteiger partial charge in [0.25, 0.3) is 0 Å². The fraction of sp³-hybridized carbons (Fsp3) is 0.357. The molecule has 2 rings (SSSR count). The maximum atomic E-state index is 6.00. The Labute approximate surface area is 113 Å². The Morgan fingerprint density at radius 1 is 1.22 bits per heavy atom. The molecule has 96 valence electrons. The van der Waals surface area contributed by atoms with E-state index in [9.17, 15) is 0 Å². The average Bonchev–Trinajstić information content (AvgIpc) is 2.71. The summed E-state index contributed by atoms with van der Waals surface area (Å²) in [5.41, 5.74) is 1.32. The largest absolute Gasteiger partial charge is 0.321 e. The Morgan fingerprint density at radius 2 is 1.94 bits per heavy atom. The molecule has 0 spiro atoms. The van der Waals surface area contributed by atoms with Crippen LogP contribution in [-0.2, 0) is 20.1 Å². The molecule has 0 amide bonds. The van der Waals surface area contributed by atoms with E-state index in [0.29, 0.717) is 5.15 Å². The number of rotatable bonds is 5. The van der Waals surface area contributed by atoms with Crippen molar-refractivity contribution in [3.05, 3.63) is 53.1 Å². The minimum atomic E-state index is 0.681. The zero-order valence-corrected chi connectivity index (χ0v) is 11.6. The van der Waals surface area contributed by atoms with Crippen molar-refractivity contribution >= 4 is 11.6 Å².